The summed E-state index contributed by atoms with van der Waals surface area (Å²) in [6.45, 7) is 6.58. The Morgan fingerprint density at radius 2 is 0.921 bits per heavy atom. The smallest absolute Gasteiger partial charge is 0.395 e. The first kappa shape index (κ1) is 27.1. The van der Waals surface area contributed by atoms with Gasteiger partial charge in [-0.2, -0.15) is 0 Å². The monoisotopic (exact) mass is 510 g/mol. The van der Waals surface area contributed by atoms with E-state index in [2.05, 4.69) is 13.8 Å². The highest BCUT2D eigenvalue weighted by Gasteiger charge is 2.12. The van der Waals surface area contributed by atoms with E-state index in [9.17, 15) is 4.79 Å². The Labute approximate surface area is 225 Å². The molecule has 0 N–H and O–H groups in total. The lowest BCUT2D eigenvalue weighted by atomic mass is 10.0. The Balaban J connectivity index is 1.18. The molecule has 0 fully saturated rings. The number of rotatable bonds is 12. The lowest BCUT2D eigenvalue weighted by Gasteiger charge is -2.14. The van der Waals surface area contributed by atoms with Crippen LogP contribution in [0, 0.1) is 0 Å². The van der Waals surface area contributed by atoms with Crippen molar-refractivity contribution in [2.24, 2.45) is 0 Å². The van der Waals surface area contributed by atoms with Gasteiger partial charge in [0.1, 0.15) is 11.5 Å². The van der Waals surface area contributed by atoms with Crippen LogP contribution in [0.5, 0.6) is 11.5 Å². The molecule has 196 valence electrons. The minimum atomic E-state index is -0.774. The van der Waals surface area contributed by atoms with E-state index in [-0.39, 0.29) is 11.8 Å². The number of hydrogen-bond acceptors (Lipinski definition) is 5. The molecule has 0 saturated heterocycles. The van der Waals surface area contributed by atoms with Crippen LogP contribution in [0.4, 0.5) is 4.79 Å². The topological polar surface area (TPSA) is 54.0 Å². The zero-order valence-electron chi connectivity index (χ0n) is 21.9. The van der Waals surface area contributed by atoms with Gasteiger partial charge < -0.3 is 18.9 Å². The van der Waals surface area contributed by atoms with E-state index < -0.39 is 6.16 Å². The lowest BCUT2D eigenvalue weighted by molar-refractivity contribution is 0.110. The van der Waals surface area contributed by atoms with Crippen molar-refractivity contribution in [1.29, 1.82) is 0 Å². The van der Waals surface area contributed by atoms with Crippen LogP contribution >= 0.6 is 0 Å². The Kier molecular flexibility index (Phi) is 10.1. The summed E-state index contributed by atoms with van der Waals surface area (Å²) in [5.74, 6) is 1.28. The number of hydrogen-bond donors (Lipinski definition) is 0. The molecular formula is C33H34O5. The van der Waals surface area contributed by atoms with Crippen LogP contribution in [0.3, 0.4) is 0 Å². The molecule has 2 atom stereocenters. The maximum atomic E-state index is 12.3. The quantitative estimate of drug-likeness (QED) is 0.143. The van der Waals surface area contributed by atoms with Crippen LogP contribution in [0.15, 0.2) is 109 Å². The van der Waals surface area contributed by atoms with Gasteiger partial charge in [0, 0.05) is 11.8 Å². The Morgan fingerprint density at radius 1 is 0.553 bits per heavy atom. The second-order valence-electron chi connectivity index (χ2n) is 9.40. The zero-order chi connectivity index (χ0) is 26.6. The molecule has 0 radical (unpaired) electrons. The third-order valence-electron chi connectivity index (χ3n) is 6.26. The van der Waals surface area contributed by atoms with Crippen molar-refractivity contribution in [3.8, 4) is 11.5 Å². The third kappa shape index (κ3) is 8.58. The van der Waals surface area contributed by atoms with E-state index in [1.54, 1.807) is 24.3 Å². The van der Waals surface area contributed by atoms with Gasteiger partial charge in [-0.15, -0.1) is 0 Å². The highest BCUT2D eigenvalue weighted by atomic mass is 16.7. The van der Waals surface area contributed by atoms with E-state index in [0.29, 0.717) is 37.9 Å². The molecule has 4 aromatic carbocycles. The Hall–Kier alpha value is -3.93. The van der Waals surface area contributed by atoms with Gasteiger partial charge in [0.15, 0.2) is 0 Å². The summed E-state index contributed by atoms with van der Waals surface area (Å²) in [5.41, 5.74) is 4.52. The SMILES string of the molecule is CC(COCc1ccccc1)c1ccc(OC(=O)Oc2ccc(C(C)COCc3ccccc3)cc2)cc1. The molecule has 0 amide bonds. The van der Waals surface area contributed by atoms with E-state index in [1.165, 1.54) is 0 Å². The van der Waals surface area contributed by atoms with Gasteiger partial charge in [-0.25, -0.2) is 4.79 Å². The van der Waals surface area contributed by atoms with Crippen molar-refractivity contribution in [2.45, 2.75) is 38.9 Å². The van der Waals surface area contributed by atoms with Crippen molar-refractivity contribution < 1.29 is 23.7 Å². The predicted molar refractivity (Wildman–Crippen MR) is 149 cm³/mol. The maximum absolute atomic E-state index is 12.3. The maximum Gasteiger partial charge on any atom is 0.519 e. The Bertz CT molecular complexity index is 1140. The molecule has 5 nitrogen and oxygen atoms in total. The molecule has 2 unspecified atom stereocenters. The first-order valence-corrected chi connectivity index (χ1v) is 12.9. The van der Waals surface area contributed by atoms with Crippen molar-refractivity contribution in [3.63, 3.8) is 0 Å². The van der Waals surface area contributed by atoms with E-state index in [4.69, 9.17) is 18.9 Å². The molecule has 4 aromatic rings. The summed E-state index contributed by atoms with van der Waals surface area (Å²) in [4.78, 5) is 12.3. The fraction of sp³-hybridized carbons (Fsp3) is 0.242. The molecule has 0 spiro atoms. The molecule has 0 heterocycles. The standard InChI is InChI=1S/C33H34O5/c1-25(21-35-23-27-9-5-3-6-10-27)29-13-17-31(18-14-29)37-33(34)38-32-19-15-30(16-20-32)26(2)22-36-24-28-11-7-4-8-12-28/h3-20,25-26H,21-24H2,1-2H3. The molecule has 4 rings (SSSR count). The minimum absolute atomic E-state index is 0.212. The van der Waals surface area contributed by atoms with Gasteiger partial charge in [0.05, 0.1) is 26.4 Å². The van der Waals surface area contributed by atoms with E-state index in [0.717, 1.165) is 22.3 Å². The summed E-state index contributed by atoms with van der Waals surface area (Å²) >= 11 is 0. The van der Waals surface area contributed by atoms with E-state index >= 15 is 0 Å². The average Bonchev–Trinajstić information content (AvgIpc) is 2.95. The third-order valence-corrected chi connectivity index (χ3v) is 6.26. The van der Waals surface area contributed by atoms with Crippen LogP contribution < -0.4 is 9.47 Å². The van der Waals surface area contributed by atoms with Gasteiger partial charge in [0.25, 0.3) is 0 Å². The molecule has 0 bridgehead atoms. The van der Waals surface area contributed by atoms with Gasteiger partial charge in [-0.05, 0) is 46.5 Å². The van der Waals surface area contributed by atoms with Gasteiger partial charge >= 0.3 is 6.16 Å². The number of ether oxygens (including phenoxy) is 4. The fourth-order valence-corrected chi connectivity index (χ4v) is 3.99. The Morgan fingerprint density at radius 3 is 1.29 bits per heavy atom. The second kappa shape index (κ2) is 14.1. The molecule has 0 aliphatic rings. The summed E-state index contributed by atoms with van der Waals surface area (Å²) in [6.07, 6.45) is -0.774. The second-order valence-corrected chi connectivity index (χ2v) is 9.40. The number of benzene rings is 4. The van der Waals surface area contributed by atoms with Crippen molar-refractivity contribution in [1.82, 2.24) is 0 Å². The summed E-state index contributed by atoms with van der Waals surface area (Å²) in [6, 6.07) is 35.0. The van der Waals surface area contributed by atoms with E-state index in [1.807, 2.05) is 84.9 Å². The van der Waals surface area contributed by atoms with Crippen LogP contribution in [-0.2, 0) is 22.7 Å². The highest BCUT2D eigenvalue weighted by molar-refractivity contribution is 5.67. The molecule has 0 saturated carbocycles. The minimum Gasteiger partial charge on any atom is -0.395 e. The van der Waals surface area contributed by atoms with Crippen LogP contribution in [0.25, 0.3) is 0 Å². The molecule has 5 heteroatoms. The fourth-order valence-electron chi connectivity index (χ4n) is 3.99. The highest BCUT2D eigenvalue weighted by Crippen LogP contribution is 2.23. The van der Waals surface area contributed by atoms with Crippen LogP contribution in [-0.4, -0.2) is 19.4 Å². The van der Waals surface area contributed by atoms with Gasteiger partial charge in [-0.3, -0.25) is 0 Å². The van der Waals surface area contributed by atoms with Crippen molar-refractivity contribution >= 4 is 6.16 Å². The largest absolute Gasteiger partial charge is 0.519 e. The van der Waals surface area contributed by atoms with Gasteiger partial charge in [-0.1, -0.05) is 98.8 Å². The van der Waals surface area contributed by atoms with Crippen molar-refractivity contribution in [3.05, 3.63) is 131 Å². The number of carbonyl (C=O) groups is 1. The molecule has 0 aromatic heterocycles. The van der Waals surface area contributed by atoms with Gasteiger partial charge in [0.2, 0.25) is 0 Å². The first-order chi connectivity index (χ1) is 18.6. The summed E-state index contributed by atoms with van der Waals surface area (Å²) < 4.78 is 22.4. The molecule has 38 heavy (non-hydrogen) atoms. The van der Waals surface area contributed by atoms with Crippen LogP contribution in [0.1, 0.15) is 47.9 Å². The lowest BCUT2D eigenvalue weighted by Crippen LogP contribution is -2.14. The molecular weight excluding hydrogens is 476 g/mol. The number of carbonyl (C=O) groups excluding carboxylic acids is 1. The van der Waals surface area contributed by atoms with Crippen LogP contribution in [0.2, 0.25) is 0 Å². The molecule has 0 aliphatic carbocycles. The average molecular weight is 511 g/mol. The predicted octanol–water partition coefficient (Wildman–Crippen LogP) is 7.91. The summed E-state index contributed by atoms with van der Waals surface area (Å²) in [5, 5.41) is 0. The summed E-state index contributed by atoms with van der Waals surface area (Å²) in [7, 11) is 0. The first-order valence-electron chi connectivity index (χ1n) is 12.9. The van der Waals surface area contributed by atoms with Crippen molar-refractivity contribution in [2.75, 3.05) is 13.2 Å². The molecule has 0 aliphatic heterocycles. The normalized spacial score (nSPS) is 12.5. The zero-order valence-corrected chi connectivity index (χ0v) is 21.9.